The summed E-state index contributed by atoms with van der Waals surface area (Å²) in [6, 6.07) is 16.2. The fourth-order valence-electron chi connectivity index (χ4n) is 3.93. The number of morpholine rings is 1. The van der Waals surface area contributed by atoms with Gasteiger partial charge in [0, 0.05) is 50.0 Å². The Labute approximate surface area is 212 Å². The molecule has 10 nitrogen and oxygen atoms in total. The lowest BCUT2D eigenvalue weighted by Crippen LogP contribution is -2.37. The first-order valence-electron chi connectivity index (χ1n) is 12.3. The molecule has 1 fully saturated rings. The molecule has 0 radical (unpaired) electrons. The van der Waals surface area contributed by atoms with Crippen molar-refractivity contribution in [1.29, 1.82) is 0 Å². The Bertz CT molecular complexity index is 1130. The van der Waals surface area contributed by atoms with Crippen molar-refractivity contribution in [2.24, 2.45) is 5.10 Å². The van der Waals surface area contributed by atoms with Gasteiger partial charge in [-0.2, -0.15) is 20.1 Å². The predicted molar refractivity (Wildman–Crippen MR) is 144 cm³/mol. The summed E-state index contributed by atoms with van der Waals surface area (Å²) in [5.41, 5.74) is 6.07. The summed E-state index contributed by atoms with van der Waals surface area (Å²) >= 11 is 0. The molecule has 2 heterocycles. The summed E-state index contributed by atoms with van der Waals surface area (Å²) in [6.45, 7) is 9.47. The van der Waals surface area contributed by atoms with Crippen LogP contribution in [0, 0.1) is 0 Å². The number of rotatable bonds is 11. The van der Waals surface area contributed by atoms with Crippen molar-refractivity contribution in [2.75, 3.05) is 67.0 Å². The quantitative estimate of drug-likeness (QED) is 0.308. The lowest BCUT2D eigenvalue weighted by molar-refractivity contribution is 0.122. The Morgan fingerprint density at radius 1 is 1.03 bits per heavy atom. The summed E-state index contributed by atoms with van der Waals surface area (Å²) < 4.78 is 11.1. The maximum Gasteiger partial charge on any atom is 0.250 e. The molecule has 1 saturated heterocycles. The van der Waals surface area contributed by atoms with Crippen LogP contribution in [0.5, 0.6) is 5.75 Å². The molecule has 1 aliphatic rings. The molecule has 4 rings (SSSR count). The third-order valence-corrected chi connectivity index (χ3v) is 5.92. The topological polar surface area (TPSA) is 100 Å². The molecule has 2 aromatic carbocycles. The number of methoxy groups -OCH3 is 1. The molecule has 2 N–H and O–H groups in total. The number of anilines is 4. The van der Waals surface area contributed by atoms with Crippen molar-refractivity contribution < 1.29 is 9.47 Å². The number of nitrogens with one attached hydrogen (secondary N) is 2. The van der Waals surface area contributed by atoms with Gasteiger partial charge in [-0.25, -0.2) is 5.43 Å². The first kappa shape index (κ1) is 25.2. The lowest BCUT2D eigenvalue weighted by Gasteiger charge is -2.27. The highest BCUT2D eigenvalue weighted by atomic mass is 16.5. The number of nitrogens with zero attached hydrogens (tertiary/aromatic N) is 6. The number of hydrazone groups is 1. The third-order valence-electron chi connectivity index (χ3n) is 5.92. The Morgan fingerprint density at radius 2 is 1.78 bits per heavy atom. The molecular weight excluding hydrogens is 456 g/mol. The molecule has 1 aromatic heterocycles. The molecule has 0 saturated carbocycles. The molecule has 10 heteroatoms. The fourth-order valence-corrected chi connectivity index (χ4v) is 3.93. The number of benzene rings is 2. The van der Waals surface area contributed by atoms with Gasteiger partial charge in [0.15, 0.2) is 0 Å². The standard InChI is InChI=1S/C26H34N8O2/c1-4-33(5-2)22-12-11-21(23(17-22)35-3)19-28-32-25-29-24(27-18-20-9-7-6-8-10-20)30-26(31-25)34-13-15-36-16-14-34/h6-12,17,19H,4-5,13-16,18H2,1-3H3,(H2,27,29,30,31,32)/b28-19-. The van der Waals surface area contributed by atoms with Gasteiger partial charge in [-0.3, -0.25) is 0 Å². The molecule has 1 aliphatic heterocycles. The van der Waals surface area contributed by atoms with E-state index in [4.69, 9.17) is 9.47 Å². The van der Waals surface area contributed by atoms with Crippen molar-refractivity contribution in [3.63, 3.8) is 0 Å². The molecule has 0 aliphatic carbocycles. The highest BCUT2D eigenvalue weighted by molar-refractivity contribution is 5.85. The minimum absolute atomic E-state index is 0.358. The average Bonchev–Trinajstić information content (AvgIpc) is 2.94. The smallest absolute Gasteiger partial charge is 0.250 e. The second-order valence-corrected chi connectivity index (χ2v) is 8.19. The van der Waals surface area contributed by atoms with E-state index in [-0.39, 0.29) is 0 Å². The first-order chi connectivity index (χ1) is 17.7. The average molecular weight is 491 g/mol. The van der Waals surface area contributed by atoms with Crippen molar-refractivity contribution in [2.45, 2.75) is 20.4 Å². The predicted octanol–water partition coefficient (Wildman–Crippen LogP) is 3.62. The third kappa shape index (κ3) is 6.60. The van der Waals surface area contributed by atoms with E-state index in [1.54, 1.807) is 13.3 Å². The highest BCUT2D eigenvalue weighted by Crippen LogP contribution is 2.25. The zero-order valence-electron chi connectivity index (χ0n) is 21.1. The minimum atomic E-state index is 0.358. The van der Waals surface area contributed by atoms with Crippen LogP contribution in [0.4, 0.5) is 23.5 Å². The van der Waals surface area contributed by atoms with Crippen LogP contribution >= 0.6 is 0 Å². The largest absolute Gasteiger partial charge is 0.496 e. The zero-order chi connectivity index (χ0) is 25.2. The Kier molecular flexibility index (Phi) is 8.87. The van der Waals surface area contributed by atoms with Crippen molar-refractivity contribution in [1.82, 2.24) is 15.0 Å². The van der Waals surface area contributed by atoms with Crippen LogP contribution in [0.1, 0.15) is 25.0 Å². The summed E-state index contributed by atoms with van der Waals surface area (Å²) in [4.78, 5) is 18.1. The molecule has 0 unspecified atom stereocenters. The maximum absolute atomic E-state index is 5.60. The number of aromatic nitrogens is 3. The van der Waals surface area contributed by atoms with Gasteiger partial charge in [-0.1, -0.05) is 30.3 Å². The maximum atomic E-state index is 5.60. The summed E-state index contributed by atoms with van der Waals surface area (Å²) in [6.07, 6.45) is 1.71. The zero-order valence-corrected chi connectivity index (χ0v) is 21.1. The Balaban J connectivity index is 1.52. The van der Waals surface area contributed by atoms with Crippen LogP contribution in [-0.4, -0.2) is 67.7 Å². The summed E-state index contributed by atoms with van der Waals surface area (Å²) in [5.74, 6) is 2.17. The Morgan fingerprint density at radius 3 is 2.50 bits per heavy atom. The fraction of sp³-hybridized carbons (Fsp3) is 0.385. The van der Waals surface area contributed by atoms with Crippen molar-refractivity contribution in [3.8, 4) is 5.75 Å². The monoisotopic (exact) mass is 490 g/mol. The van der Waals surface area contributed by atoms with Crippen LogP contribution in [0.25, 0.3) is 0 Å². The van der Waals surface area contributed by atoms with Gasteiger partial charge >= 0.3 is 0 Å². The summed E-state index contributed by atoms with van der Waals surface area (Å²) in [5, 5.41) is 7.69. The van der Waals surface area contributed by atoms with Gasteiger partial charge in [0.05, 0.1) is 26.5 Å². The van der Waals surface area contributed by atoms with Gasteiger partial charge in [-0.05, 0) is 31.5 Å². The number of hydrogen-bond donors (Lipinski definition) is 2. The molecule has 0 spiro atoms. The van der Waals surface area contributed by atoms with E-state index >= 15 is 0 Å². The normalized spacial score (nSPS) is 13.6. The molecular formula is C26H34N8O2. The van der Waals surface area contributed by atoms with Crippen LogP contribution in [0.15, 0.2) is 53.6 Å². The molecule has 0 bridgehead atoms. The number of hydrogen-bond acceptors (Lipinski definition) is 10. The van der Waals surface area contributed by atoms with Gasteiger partial charge in [0.25, 0.3) is 0 Å². The van der Waals surface area contributed by atoms with Gasteiger partial charge in [-0.15, -0.1) is 0 Å². The molecule has 36 heavy (non-hydrogen) atoms. The van der Waals surface area contributed by atoms with Gasteiger partial charge < -0.3 is 24.6 Å². The lowest BCUT2D eigenvalue weighted by atomic mass is 10.2. The second kappa shape index (κ2) is 12.7. The van der Waals surface area contributed by atoms with E-state index in [0.717, 1.165) is 48.7 Å². The van der Waals surface area contributed by atoms with E-state index in [2.05, 4.69) is 72.6 Å². The molecule has 0 atom stereocenters. The van der Waals surface area contributed by atoms with Crippen molar-refractivity contribution >= 4 is 29.7 Å². The first-order valence-corrected chi connectivity index (χ1v) is 12.3. The second-order valence-electron chi connectivity index (χ2n) is 8.19. The number of ether oxygens (including phenoxy) is 2. The Hall–Kier alpha value is -3.92. The molecule has 190 valence electrons. The van der Waals surface area contributed by atoms with Gasteiger partial charge in [0.1, 0.15) is 5.75 Å². The van der Waals surface area contributed by atoms with Crippen molar-refractivity contribution in [3.05, 3.63) is 59.7 Å². The van der Waals surface area contributed by atoms with Crippen LogP contribution < -0.4 is 25.3 Å². The SMILES string of the molecule is CCN(CC)c1ccc(/C=N\Nc2nc(NCc3ccccc3)nc(N3CCOCC3)n2)c(OC)c1. The van der Waals surface area contributed by atoms with Gasteiger partial charge in [0.2, 0.25) is 17.8 Å². The van der Waals surface area contributed by atoms with Crippen LogP contribution in [-0.2, 0) is 11.3 Å². The van der Waals surface area contributed by atoms with E-state index in [1.165, 1.54) is 0 Å². The van der Waals surface area contributed by atoms with E-state index in [1.807, 2.05) is 30.3 Å². The van der Waals surface area contributed by atoms with Crippen LogP contribution in [0.3, 0.4) is 0 Å². The molecule has 3 aromatic rings. The van der Waals surface area contributed by atoms with E-state index in [0.29, 0.717) is 37.6 Å². The summed E-state index contributed by atoms with van der Waals surface area (Å²) in [7, 11) is 1.66. The van der Waals surface area contributed by atoms with E-state index < -0.39 is 0 Å². The minimum Gasteiger partial charge on any atom is -0.496 e. The molecule has 0 amide bonds. The van der Waals surface area contributed by atoms with E-state index in [9.17, 15) is 0 Å². The van der Waals surface area contributed by atoms with Crippen LogP contribution in [0.2, 0.25) is 0 Å². The highest BCUT2D eigenvalue weighted by Gasteiger charge is 2.16.